The highest BCUT2D eigenvalue weighted by molar-refractivity contribution is 5.99. The molecule has 0 atom stereocenters. The second-order valence-electron chi connectivity index (χ2n) is 13.7. The van der Waals surface area contributed by atoms with Gasteiger partial charge in [0.1, 0.15) is 0 Å². The van der Waals surface area contributed by atoms with Crippen LogP contribution in [-0.2, 0) is 5.41 Å². The highest BCUT2D eigenvalue weighted by atomic mass is 15.1. The summed E-state index contributed by atoms with van der Waals surface area (Å²) in [5.74, 6) is 0. The van der Waals surface area contributed by atoms with Crippen LogP contribution in [0.2, 0.25) is 0 Å². The van der Waals surface area contributed by atoms with Crippen molar-refractivity contribution in [3.63, 3.8) is 0 Å². The smallest absolute Gasteiger partial charge is 0.0713 e. The third kappa shape index (κ3) is 4.71. The Balaban J connectivity index is 1.15. The fraction of sp³-hybridized carbons (Fsp3) is 0.0196. The van der Waals surface area contributed by atoms with Crippen molar-refractivity contribution in [3.05, 3.63) is 235 Å². The van der Waals surface area contributed by atoms with Crippen molar-refractivity contribution in [3.8, 4) is 22.3 Å². The van der Waals surface area contributed by atoms with E-state index in [-0.39, 0.29) is 0 Å². The molecular weight excluding hydrogens is 627 g/mol. The summed E-state index contributed by atoms with van der Waals surface area (Å²) in [6.45, 7) is 0. The van der Waals surface area contributed by atoms with E-state index in [9.17, 15) is 0 Å². The van der Waals surface area contributed by atoms with Crippen LogP contribution in [0.5, 0.6) is 0 Å². The van der Waals surface area contributed by atoms with Gasteiger partial charge in [-0.1, -0.05) is 164 Å². The number of benzene rings is 9. The lowest BCUT2D eigenvalue weighted by Gasteiger charge is -2.34. The van der Waals surface area contributed by atoms with Crippen LogP contribution in [0.15, 0.2) is 212 Å². The molecule has 0 N–H and O–H groups in total. The molecule has 0 aromatic heterocycles. The molecule has 1 aliphatic carbocycles. The molecular formula is C51H35N. The van der Waals surface area contributed by atoms with Crippen LogP contribution in [0.1, 0.15) is 22.3 Å². The Morgan fingerprint density at radius 2 is 0.885 bits per heavy atom. The van der Waals surface area contributed by atoms with Gasteiger partial charge in [-0.25, -0.2) is 0 Å². The van der Waals surface area contributed by atoms with Crippen LogP contribution in [0.25, 0.3) is 43.8 Å². The van der Waals surface area contributed by atoms with Crippen molar-refractivity contribution >= 4 is 38.6 Å². The molecule has 9 aromatic rings. The number of hydrogen-bond acceptors (Lipinski definition) is 1. The van der Waals surface area contributed by atoms with Crippen molar-refractivity contribution in [1.82, 2.24) is 0 Å². The zero-order valence-electron chi connectivity index (χ0n) is 28.7. The van der Waals surface area contributed by atoms with Gasteiger partial charge >= 0.3 is 0 Å². The summed E-state index contributed by atoms with van der Waals surface area (Å²) in [7, 11) is 0. The van der Waals surface area contributed by atoms with E-state index in [1.54, 1.807) is 0 Å². The van der Waals surface area contributed by atoms with E-state index >= 15 is 0 Å². The number of fused-ring (bicyclic) bond motifs is 5. The molecule has 244 valence electrons. The lowest BCUT2D eigenvalue weighted by Crippen LogP contribution is -2.28. The number of nitrogens with zero attached hydrogens (tertiary/aromatic N) is 1. The minimum atomic E-state index is -0.435. The molecule has 0 saturated heterocycles. The fourth-order valence-electron chi connectivity index (χ4n) is 8.60. The number of hydrogen-bond donors (Lipinski definition) is 0. The minimum absolute atomic E-state index is 0.435. The van der Waals surface area contributed by atoms with E-state index < -0.39 is 5.41 Å². The van der Waals surface area contributed by atoms with E-state index in [4.69, 9.17) is 0 Å². The van der Waals surface area contributed by atoms with Crippen LogP contribution in [0, 0.1) is 0 Å². The molecule has 0 aliphatic heterocycles. The van der Waals surface area contributed by atoms with E-state index in [2.05, 4.69) is 217 Å². The van der Waals surface area contributed by atoms with Gasteiger partial charge in [0.25, 0.3) is 0 Å². The molecule has 10 rings (SSSR count). The van der Waals surface area contributed by atoms with E-state index in [0.717, 1.165) is 17.1 Å². The summed E-state index contributed by atoms with van der Waals surface area (Å²) in [6.07, 6.45) is 0. The van der Waals surface area contributed by atoms with Crippen molar-refractivity contribution in [2.75, 3.05) is 4.90 Å². The first kappa shape index (κ1) is 30.2. The van der Waals surface area contributed by atoms with E-state index in [1.165, 1.54) is 66.1 Å². The van der Waals surface area contributed by atoms with Crippen molar-refractivity contribution < 1.29 is 0 Å². The number of para-hydroxylation sites is 1. The molecule has 0 unspecified atom stereocenters. The fourth-order valence-corrected chi connectivity index (χ4v) is 8.60. The molecule has 0 heterocycles. The maximum atomic E-state index is 2.46. The molecule has 0 fully saturated rings. The molecule has 0 spiro atoms. The summed E-state index contributed by atoms with van der Waals surface area (Å²) in [6, 6.07) is 77.7. The number of rotatable bonds is 6. The molecule has 0 amide bonds. The van der Waals surface area contributed by atoms with E-state index in [0.29, 0.717) is 0 Å². The summed E-state index contributed by atoms with van der Waals surface area (Å²) in [4.78, 5) is 2.37. The Labute approximate surface area is 304 Å². The summed E-state index contributed by atoms with van der Waals surface area (Å²) in [5.41, 5.74) is 13.2. The third-order valence-corrected chi connectivity index (χ3v) is 10.9. The molecule has 0 bridgehead atoms. The Morgan fingerprint density at radius 1 is 0.308 bits per heavy atom. The molecule has 52 heavy (non-hydrogen) atoms. The van der Waals surface area contributed by atoms with Gasteiger partial charge in [0.05, 0.1) is 5.41 Å². The standard InChI is InChI=1S/C51H35N/c1-4-17-40(18-5-1)51(41-19-6-2-7-20-41)49-26-13-12-24-47(49)48-34-38-29-32-44(33-39(38)35-50(48)51)52(42-21-8-3-9-22-42)43-30-27-37(28-31-43)46-25-14-16-36-15-10-11-23-45(36)46/h1-35H. The van der Waals surface area contributed by atoms with E-state index in [1.807, 2.05) is 0 Å². The Bertz CT molecular complexity index is 2670. The third-order valence-electron chi connectivity index (χ3n) is 10.9. The van der Waals surface area contributed by atoms with Gasteiger partial charge in [-0.05, 0) is 115 Å². The first-order chi connectivity index (χ1) is 25.8. The summed E-state index contributed by atoms with van der Waals surface area (Å²) < 4.78 is 0. The Morgan fingerprint density at radius 3 is 1.63 bits per heavy atom. The maximum Gasteiger partial charge on any atom is 0.0713 e. The quantitative estimate of drug-likeness (QED) is 0.171. The van der Waals surface area contributed by atoms with Crippen LogP contribution in [-0.4, -0.2) is 0 Å². The predicted octanol–water partition coefficient (Wildman–Crippen LogP) is 13.5. The summed E-state index contributed by atoms with van der Waals surface area (Å²) in [5, 5.41) is 4.97. The van der Waals surface area contributed by atoms with Gasteiger partial charge in [-0.3, -0.25) is 0 Å². The van der Waals surface area contributed by atoms with Crippen LogP contribution in [0.3, 0.4) is 0 Å². The highest BCUT2D eigenvalue weighted by Crippen LogP contribution is 2.57. The van der Waals surface area contributed by atoms with Crippen molar-refractivity contribution in [2.45, 2.75) is 5.41 Å². The monoisotopic (exact) mass is 661 g/mol. The highest BCUT2D eigenvalue weighted by Gasteiger charge is 2.46. The Hall–Kier alpha value is -6.70. The zero-order valence-corrected chi connectivity index (χ0v) is 28.7. The predicted molar refractivity (Wildman–Crippen MR) is 219 cm³/mol. The maximum absolute atomic E-state index is 2.46. The zero-order chi connectivity index (χ0) is 34.5. The van der Waals surface area contributed by atoms with Gasteiger partial charge in [0.15, 0.2) is 0 Å². The van der Waals surface area contributed by atoms with Crippen molar-refractivity contribution in [1.29, 1.82) is 0 Å². The SMILES string of the molecule is c1ccc(N(c2ccc(-c3cccc4ccccc34)cc2)c2ccc3cc4c(cc3c2)C(c2ccccc2)(c2ccccc2)c2ccccc2-4)cc1. The minimum Gasteiger partial charge on any atom is -0.310 e. The van der Waals surface area contributed by atoms with Crippen LogP contribution >= 0.6 is 0 Å². The van der Waals surface area contributed by atoms with Crippen LogP contribution < -0.4 is 4.90 Å². The molecule has 9 aromatic carbocycles. The van der Waals surface area contributed by atoms with Gasteiger partial charge in [-0.15, -0.1) is 0 Å². The first-order valence-electron chi connectivity index (χ1n) is 18.0. The average molecular weight is 662 g/mol. The molecule has 0 saturated carbocycles. The van der Waals surface area contributed by atoms with Crippen LogP contribution in [0.4, 0.5) is 17.1 Å². The molecule has 1 aliphatic rings. The molecule has 0 radical (unpaired) electrons. The lowest BCUT2D eigenvalue weighted by atomic mass is 9.67. The van der Waals surface area contributed by atoms with Gasteiger partial charge in [0.2, 0.25) is 0 Å². The largest absolute Gasteiger partial charge is 0.310 e. The number of anilines is 3. The van der Waals surface area contributed by atoms with Gasteiger partial charge in [0, 0.05) is 17.1 Å². The summed E-state index contributed by atoms with van der Waals surface area (Å²) >= 11 is 0. The first-order valence-corrected chi connectivity index (χ1v) is 18.0. The second-order valence-corrected chi connectivity index (χ2v) is 13.7. The Kier molecular flexibility index (Phi) is 7.11. The average Bonchev–Trinajstić information content (AvgIpc) is 3.51. The van der Waals surface area contributed by atoms with Gasteiger partial charge in [-0.2, -0.15) is 0 Å². The normalized spacial score (nSPS) is 12.8. The molecule has 1 heteroatoms. The van der Waals surface area contributed by atoms with Gasteiger partial charge < -0.3 is 4.90 Å². The lowest BCUT2D eigenvalue weighted by molar-refractivity contribution is 0.769. The second kappa shape index (κ2) is 12.3. The topological polar surface area (TPSA) is 3.24 Å². The molecule has 1 nitrogen and oxygen atoms in total. The van der Waals surface area contributed by atoms with Crippen molar-refractivity contribution in [2.24, 2.45) is 0 Å².